The largest absolute Gasteiger partial charge is 0.382 e. The molecular formula is C14H25N3O. The Labute approximate surface area is 110 Å². The molecule has 0 saturated carbocycles. The maximum atomic E-state index is 10.9. The van der Waals surface area contributed by atoms with Gasteiger partial charge < -0.3 is 14.6 Å². The third-order valence-electron chi connectivity index (χ3n) is 3.92. The first kappa shape index (κ1) is 13.6. The molecule has 0 radical (unpaired) electrons. The lowest BCUT2D eigenvalue weighted by Gasteiger charge is -2.27. The van der Waals surface area contributed by atoms with E-state index in [4.69, 9.17) is 0 Å². The fourth-order valence-electron chi connectivity index (χ4n) is 2.91. The van der Waals surface area contributed by atoms with Crippen molar-refractivity contribution in [2.45, 2.75) is 51.7 Å². The summed E-state index contributed by atoms with van der Waals surface area (Å²) in [5, 5.41) is 10.9. The SMILES string of the molecule is CCCN1CCCC(O)(c2nccn2CC)CC1. The van der Waals surface area contributed by atoms with Gasteiger partial charge in [-0.05, 0) is 45.7 Å². The van der Waals surface area contributed by atoms with Gasteiger partial charge in [0.25, 0.3) is 0 Å². The molecule has 18 heavy (non-hydrogen) atoms. The van der Waals surface area contributed by atoms with E-state index < -0.39 is 5.60 Å². The van der Waals surface area contributed by atoms with Gasteiger partial charge in [0.15, 0.2) is 0 Å². The Morgan fingerprint density at radius 2 is 2.17 bits per heavy atom. The van der Waals surface area contributed by atoms with Crippen LogP contribution in [0.3, 0.4) is 0 Å². The summed E-state index contributed by atoms with van der Waals surface area (Å²) in [6.45, 7) is 8.38. The third-order valence-corrected chi connectivity index (χ3v) is 3.92. The minimum absolute atomic E-state index is 0.734. The first-order chi connectivity index (χ1) is 8.69. The number of hydrogen-bond donors (Lipinski definition) is 1. The molecule has 1 fully saturated rings. The van der Waals surface area contributed by atoms with Gasteiger partial charge in [-0.2, -0.15) is 0 Å². The van der Waals surface area contributed by atoms with Gasteiger partial charge in [-0.1, -0.05) is 6.92 Å². The van der Waals surface area contributed by atoms with E-state index in [2.05, 4.69) is 28.3 Å². The molecule has 1 saturated heterocycles. The number of imidazole rings is 1. The Hall–Kier alpha value is -0.870. The zero-order chi connectivity index (χ0) is 13.0. The smallest absolute Gasteiger partial charge is 0.140 e. The van der Waals surface area contributed by atoms with E-state index in [1.807, 2.05) is 6.20 Å². The highest BCUT2D eigenvalue weighted by molar-refractivity contribution is 5.06. The molecule has 1 aromatic heterocycles. The van der Waals surface area contributed by atoms with Gasteiger partial charge in [0.1, 0.15) is 11.4 Å². The highest BCUT2D eigenvalue weighted by Crippen LogP contribution is 2.31. The maximum absolute atomic E-state index is 10.9. The molecule has 2 rings (SSSR count). The standard InChI is InChI=1S/C14H25N3O/c1-3-9-16-10-5-6-14(18,7-11-16)13-15-8-12-17(13)4-2/h8,12,18H,3-7,9-11H2,1-2H3. The van der Waals surface area contributed by atoms with Crippen molar-refractivity contribution in [2.24, 2.45) is 0 Å². The van der Waals surface area contributed by atoms with Crippen LogP contribution >= 0.6 is 0 Å². The second-order valence-electron chi connectivity index (χ2n) is 5.26. The molecule has 0 amide bonds. The molecule has 4 heteroatoms. The summed E-state index contributed by atoms with van der Waals surface area (Å²) in [7, 11) is 0. The first-order valence-corrected chi connectivity index (χ1v) is 7.16. The highest BCUT2D eigenvalue weighted by Gasteiger charge is 2.35. The number of rotatable bonds is 4. The van der Waals surface area contributed by atoms with E-state index in [1.54, 1.807) is 6.20 Å². The number of nitrogens with zero attached hydrogens (tertiary/aromatic N) is 3. The van der Waals surface area contributed by atoms with Gasteiger partial charge in [-0.15, -0.1) is 0 Å². The Bertz CT molecular complexity index is 377. The normalized spacial score (nSPS) is 26.2. The van der Waals surface area contributed by atoms with Crippen molar-refractivity contribution in [1.82, 2.24) is 14.5 Å². The summed E-state index contributed by atoms with van der Waals surface area (Å²) in [6.07, 6.45) is 7.61. The Morgan fingerprint density at radius 3 is 2.89 bits per heavy atom. The van der Waals surface area contributed by atoms with Crippen molar-refractivity contribution in [3.63, 3.8) is 0 Å². The molecule has 1 aromatic rings. The summed E-state index contributed by atoms with van der Waals surface area (Å²) in [6, 6.07) is 0. The van der Waals surface area contributed by atoms with E-state index in [0.717, 1.165) is 51.3 Å². The minimum Gasteiger partial charge on any atom is -0.382 e. The average Bonchev–Trinajstić information content (AvgIpc) is 2.77. The number of likely N-dealkylation sites (tertiary alicyclic amines) is 1. The van der Waals surface area contributed by atoms with Crippen molar-refractivity contribution in [3.8, 4) is 0 Å². The molecule has 2 heterocycles. The van der Waals surface area contributed by atoms with Crippen LogP contribution in [-0.2, 0) is 12.1 Å². The van der Waals surface area contributed by atoms with E-state index in [0.29, 0.717) is 0 Å². The lowest BCUT2D eigenvalue weighted by Crippen LogP contribution is -2.32. The second kappa shape index (κ2) is 5.85. The Morgan fingerprint density at radius 1 is 1.33 bits per heavy atom. The summed E-state index contributed by atoms with van der Waals surface area (Å²) in [4.78, 5) is 6.85. The molecule has 1 unspecified atom stereocenters. The summed E-state index contributed by atoms with van der Waals surface area (Å²) in [5.41, 5.74) is -0.734. The predicted molar refractivity (Wildman–Crippen MR) is 72.4 cm³/mol. The first-order valence-electron chi connectivity index (χ1n) is 7.16. The van der Waals surface area contributed by atoms with Crippen LogP contribution in [0.2, 0.25) is 0 Å². The van der Waals surface area contributed by atoms with E-state index in [1.165, 1.54) is 6.42 Å². The molecule has 0 spiro atoms. The lowest BCUT2D eigenvalue weighted by molar-refractivity contribution is 0.00922. The second-order valence-corrected chi connectivity index (χ2v) is 5.26. The molecule has 0 aromatic carbocycles. The van der Waals surface area contributed by atoms with Crippen LogP contribution in [0.4, 0.5) is 0 Å². The van der Waals surface area contributed by atoms with Gasteiger partial charge in [0.05, 0.1) is 0 Å². The molecule has 4 nitrogen and oxygen atoms in total. The van der Waals surface area contributed by atoms with Crippen LogP contribution in [0.1, 0.15) is 45.4 Å². The average molecular weight is 251 g/mol. The molecule has 102 valence electrons. The topological polar surface area (TPSA) is 41.3 Å². The van der Waals surface area contributed by atoms with Gasteiger partial charge in [-0.25, -0.2) is 4.98 Å². The number of hydrogen-bond acceptors (Lipinski definition) is 3. The van der Waals surface area contributed by atoms with Crippen molar-refractivity contribution < 1.29 is 5.11 Å². The van der Waals surface area contributed by atoms with Crippen LogP contribution < -0.4 is 0 Å². The Kier molecular flexibility index (Phi) is 4.40. The zero-order valence-electron chi connectivity index (χ0n) is 11.6. The quantitative estimate of drug-likeness (QED) is 0.889. The van der Waals surface area contributed by atoms with E-state index in [-0.39, 0.29) is 0 Å². The van der Waals surface area contributed by atoms with Crippen molar-refractivity contribution in [1.29, 1.82) is 0 Å². The maximum Gasteiger partial charge on any atom is 0.140 e. The number of aliphatic hydroxyl groups is 1. The minimum atomic E-state index is -0.734. The third kappa shape index (κ3) is 2.75. The van der Waals surface area contributed by atoms with Crippen molar-refractivity contribution >= 4 is 0 Å². The van der Waals surface area contributed by atoms with Crippen molar-refractivity contribution in [2.75, 3.05) is 19.6 Å². The summed E-state index contributed by atoms with van der Waals surface area (Å²) in [5.74, 6) is 0.850. The fourth-order valence-corrected chi connectivity index (χ4v) is 2.91. The molecule has 1 aliphatic rings. The molecule has 0 bridgehead atoms. The lowest BCUT2D eigenvalue weighted by atomic mass is 9.94. The molecule has 1 aliphatic heterocycles. The highest BCUT2D eigenvalue weighted by atomic mass is 16.3. The van der Waals surface area contributed by atoms with E-state index >= 15 is 0 Å². The van der Waals surface area contributed by atoms with Gasteiger partial charge >= 0.3 is 0 Å². The van der Waals surface area contributed by atoms with Crippen molar-refractivity contribution in [3.05, 3.63) is 18.2 Å². The zero-order valence-corrected chi connectivity index (χ0v) is 11.6. The van der Waals surface area contributed by atoms with Crippen LogP contribution in [-0.4, -0.2) is 39.2 Å². The Balaban J connectivity index is 2.11. The molecule has 0 aliphatic carbocycles. The molecule has 1 N–H and O–H groups in total. The predicted octanol–water partition coefficient (Wildman–Crippen LogP) is 1.99. The van der Waals surface area contributed by atoms with E-state index in [9.17, 15) is 5.11 Å². The fraction of sp³-hybridized carbons (Fsp3) is 0.786. The van der Waals surface area contributed by atoms with Crippen LogP contribution in [0.25, 0.3) is 0 Å². The molecule has 1 atom stereocenters. The van der Waals surface area contributed by atoms with Gasteiger partial charge in [0.2, 0.25) is 0 Å². The van der Waals surface area contributed by atoms with Crippen LogP contribution in [0.15, 0.2) is 12.4 Å². The number of aromatic nitrogens is 2. The monoisotopic (exact) mass is 251 g/mol. The summed E-state index contributed by atoms with van der Waals surface area (Å²) < 4.78 is 2.06. The van der Waals surface area contributed by atoms with Gasteiger partial charge in [0, 0.05) is 25.5 Å². The summed E-state index contributed by atoms with van der Waals surface area (Å²) >= 11 is 0. The number of aryl methyl sites for hydroxylation is 1. The molecular weight excluding hydrogens is 226 g/mol. The van der Waals surface area contributed by atoms with Crippen LogP contribution in [0.5, 0.6) is 0 Å². The van der Waals surface area contributed by atoms with Gasteiger partial charge in [-0.3, -0.25) is 0 Å². The van der Waals surface area contributed by atoms with Crippen LogP contribution in [0, 0.1) is 0 Å².